The standard InChI is InChI=1S/C6H9BCl2O/c8-5-1-4(7-10)2-6(9)3-5/h3-5,7,10H,1-2H2. The monoisotopic (exact) mass is 178 g/mol. The predicted octanol–water partition coefficient (Wildman–Crippen LogP) is 1.64. The van der Waals surface area contributed by atoms with Crippen molar-refractivity contribution in [2.24, 2.45) is 0 Å². The zero-order valence-electron chi connectivity index (χ0n) is 5.56. The maximum absolute atomic E-state index is 8.78. The van der Waals surface area contributed by atoms with Gasteiger partial charge in [0.25, 0.3) is 7.48 Å². The third-order valence-corrected chi connectivity index (χ3v) is 2.25. The molecule has 0 amide bonds. The number of halogens is 2. The van der Waals surface area contributed by atoms with E-state index in [1.165, 1.54) is 0 Å². The molecule has 1 aliphatic carbocycles. The summed E-state index contributed by atoms with van der Waals surface area (Å²) < 4.78 is 0. The summed E-state index contributed by atoms with van der Waals surface area (Å²) in [6.45, 7) is 0. The van der Waals surface area contributed by atoms with Crippen molar-refractivity contribution in [3.8, 4) is 0 Å². The first-order chi connectivity index (χ1) is 4.72. The van der Waals surface area contributed by atoms with E-state index < -0.39 is 0 Å². The number of rotatable bonds is 1. The summed E-state index contributed by atoms with van der Waals surface area (Å²) in [6.07, 6.45) is 3.46. The third-order valence-electron chi connectivity index (χ3n) is 1.66. The Morgan fingerprint density at radius 3 is 2.90 bits per heavy atom. The number of alkyl halides is 1. The van der Waals surface area contributed by atoms with Gasteiger partial charge >= 0.3 is 0 Å². The lowest BCUT2D eigenvalue weighted by molar-refractivity contribution is 0.557. The molecule has 0 aromatic heterocycles. The van der Waals surface area contributed by atoms with E-state index in [4.69, 9.17) is 28.2 Å². The van der Waals surface area contributed by atoms with Gasteiger partial charge in [-0.05, 0) is 18.7 Å². The van der Waals surface area contributed by atoms with Crippen molar-refractivity contribution in [3.63, 3.8) is 0 Å². The molecule has 1 N–H and O–H groups in total. The van der Waals surface area contributed by atoms with Gasteiger partial charge in [-0.1, -0.05) is 17.7 Å². The Hall–Kier alpha value is 0.345. The fraction of sp³-hybridized carbons (Fsp3) is 0.667. The third kappa shape index (κ3) is 2.19. The zero-order valence-corrected chi connectivity index (χ0v) is 7.07. The molecule has 0 saturated heterocycles. The molecule has 56 valence electrons. The van der Waals surface area contributed by atoms with Crippen LogP contribution in [0.3, 0.4) is 0 Å². The van der Waals surface area contributed by atoms with Gasteiger partial charge < -0.3 is 5.02 Å². The molecule has 0 aromatic rings. The number of hydrogen-bond donors (Lipinski definition) is 1. The van der Waals surface area contributed by atoms with Crippen LogP contribution < -0.4 is 0 Å². The van der Waals surface area contributed by atoms with Crippen LogP contribution in [0.4, 0.5) is 0 Å². The summed E-state index contributed by atoms with van der Waals surface area (Å²) in [5.41, 5.74) is 0. The van der Waals surface area contributed by atoms with Gasteiger partial charge in [0.1, 0.15) is 0 Å². The van der Waals surface area contributed by atoms with Gasteiger partial charge in [0.15, 0.2) is 0 Å². The van der Waals surface area contributed by atoms with Crippen LogP contribution in [0.25, 0.3) is 0 Å². The Balaban J connectivity index is 2.52. The molecule has 4 heteroatoms. The van der Waals surface area contributed by atoms with E-state index in [9.17, 15) is 0 Å². The predicted molar refractivity (Wildman–Crippen MR) is 45.9 cm³/mol. The summed E-state index contributed by atoms with van der Waals surface area (Å²) in [5.74, 6) is 0.264. The quantitative estimate of drug-likeness (QED) is 0.479. The highest BCUT2D eigenvalue weighted by atomic mass is 35.5. The van der Waals surface area contributed by atoms with E-state index in [0.29, 0.717) is 0 Å². The van der Waals surface area contributed by atoms with Crippen molar-refractivity contribution < 1.29 is 5.02 Å². The van der Waals surface area contributed by atoms with E-state index in [2.05, 4.69) is 0 Å². The molecule has 0 aromatic carbocycles. The van der Waals surface area contributed by atoms with Crippen molar-refractivity contribution in [2.75, 3.05) is 0 Å². The molecule has 1 nitrogen and oxygen atoms in total. The van der Waals surface area contributed by atoms with Crippen LogP contribution in [0.2, 0.25) is 5.82 Å². The smallest absolute Gasteiger partial charge is 0.274 e. The van der Waals surface area contributed by atoms with Crippen LogP contribution in [0.1, 0.15) is 12.8 Å². The minimum atomic E-state index is 0.0124. The van der Waals surface area contributed by atoms with Crippen LogP contribution in [0, 0.1) is 0 Å². The van der Waals surface area contributed by atoms with Crippen molar-refractivity contribution in [1.29, 1.82) is 0 Å². The Morgan fingerprint density at radius 2 is 2.40 bits per heavy atom. The van der Waals surface area contributed by atoms with Crippen LogP contribution in [0.5, 0.6) is 0 Å². The SMILES string of the molecule is OBC1CC(Cl)=CC(Cl)C1. The van der Waals surface area contributed by atoms with Gasteiger partial charge in [0.2, 0.25) is 0 Å². The maximum Gasteiger partial charge on any atom is 0.274 e. The topological polar surface area (TPSA) is 20.2 Å². The molecule has 0 fully saturated rings. The molecule has 1 rings (SSSR count). The van der Waals surface area contributed by atoms with Gasteiger partial charge in [0, 0.05) is 5.03 Å². The Labute approximate surface area is 71.3 Å². The van der Waals surface area contributed by atoms with Gasteiger partial charge in [-0.3, -0.25) is 0 Å². The average Bonchev–Trinajstić information content (AvgIpc) is 1.85. The van der Waals surface area contributed by atoms with E-state index in [0.717, 1.165) is 17.9 Å². The van der Waals surface area contributed by atoms with E-state index in [1.54, 1.807) is 0 Å². The molecule has 0 saturated carbocycles. The minimum Gasteiger partial charge on any atom is -0.454 e. The fourth-order valence-electron chi connectivity index (χ4n) is 1.15. The van der Waals surface area contributed by atoms with Gasteiger partial charge in [0.05, 0.1) is 5.38 Å². The first-order valence-corrected chi connectivity index (χ1v) is 4.15. The molecule has 0 heterocycles. The summed E-state index contributed by atoms with van der Waals surface area (Å²) in [5, 5.41) is 9.58. The van der Waals surface area contributed by atoms with Crippen molar-refractivity contribution in [1.82, 2.24) is 0 Å². The van der Waals surface area contributed by atoms with Crippen molar-refractivity contribution >= 4 is 30.7 Å². The molecule has 0 radical (unpaired) electrons. The highest BCUT2D eigenvalue weighted by Crippen LogP contribution is 2.32. The van der Waals surface area contributed by atoms with Crippen LogP contribution in [0.15, 0.2) is 11.1 Å². The van der Waals surface area contributed by atoms with E-state index in [-0.39, 0.29) is 18.7 Å². The van der Waals surface area contributed by atoms with Crippen LogP contribution in [-0.4, -0.2) is 17.9 Å². The number of allylic oxidation sites excluding steroid dienone is 2. The second kappa shape index (κ2) is 3.65. The Bertz CT molecular complexity index is 149. The lowest BCUT2D eigenvalue weighted by Gasteiger charge is -2.19. The van der Waals surface area contributed by atoms with E-state index >= 15 is 0 Å². The minimum absolute atomic E-state index is 0.0124. The molecular formula is C6H9BCl2O. The second-order valence-electron chi connectivity index (χ2n) is 2.62. The largest absolute Gasteiger partial charge is 0.454 e. The highest BCUT2D eigenvalue weighted by Gasteiger charge is 2.20. The van der Waals surface area contributed by atoms with Gasteiger partial charge in [-0.2, -0.15) is 0 Å². The van der Waals surface area contributed by atoms with Gasteiger partial charge in [-0.25, -0.2) is 0 Å². The summed E-state index contributed by atoms with van der Waals surface area (Å²) >= 11 is 11.6. The molecule has 1 aliphatic rings. The molecule has 0 bridgehead atoms. The average molecular weight is 179 g/mol. The van der Waals surface area contributed by atoms with Crippen LogP contribution in [-0.2, 0) is 0 Å². The second-order valence-corrected chi connectivity index (χ2v) is 3.66. The lowest BCUT2D eigenvalue weighted by atomic mass is 9.73. The summed E-state index contributed by atoms with van der Waals surface area (Å²) in [4.78, 5) is 0. The molecule has 10 heavy (non-hydrogen) atoms. The lowest BCUT2D eigenvalue weighted by Crippen LogP contribution is -2.13. The molecular weight excluding hydrogens is 170 g/mol. The summed E-state index contributed by atoms with van der Waals surface area (Å²) in [6, 6.07) is 0. The first kappa shape index (κ1) is 8.44. The van der Waals surface area contributed by atoms with Crippen molar-refractivity contribution in [2.45, 2.75) is 24.0 Å². The van der Waals surface area contributed by atoms with Gasteiger partial charge in [-0.15, -0.1) is 11.6 Å². The maximum atomic E-state index is 8.78. The zero-order chi connectivity index (χ0) is 7.56. The summed E-state index contributed by atoms with van der Waals surface area (Å²) in [7, 11) is 0.188. The molecule has 2 unspecified atom stereocenters. The van der Waals surface area contributed by atoms with E-state index in [1.807, 2.05) is 6.08 Å². The Kier molecular flexibility index (Phi) is 3.08. The van der Waals surface area contributed by atoms with Crippen LogP contribution >= 0.6 is 23.2 Å². The normalized spacial score (nSPS) is 33.3. The van der Waals surface area contributed by atoms with Crippen molar-refractivity contribution in [3.05, 3.63) is 11.1 Å². The Morgan fingerprint density at radius 1 is 1.70 bits per heavy atom. The molecule has 2 atom stereocenters. The number of hydrogen-bond acceptors (Lipinski definition) is 1. The molecule has 0 spiro atoms. The fourth-order valence-corrected chi connectivity index (χ4v) is 1.99. The highest BCUT2D eigenvalue weighted by molar-refractivity contribution is 6.34. The first-order valence-electron chi connectivity index (χ1n) is 3.33. The molecule has 0 aliphatic heterocycles.